The molecule has 1 aliphatic rings. The van der Waals surface area contributed by atoms with Gasteiger partial charge in [-0.05, 0) is 56.5 Å². The summed E-state index contributed by atoms with van der Waals surface area (Å²) in [5.41, 5.74) is 3.11. The minimum atomic E-state index is -0.443. The molecule has 0 saturated heterocycles. The van der Waals surface area contributed by atoms with Gasteiger partial charge in [0.25, 0.3) is 0 Å². The van der Waals surface area contributed by atoms with Crippen molar-refractivity contribution in [2.45, 2.75) is 52.2 Å². The molecule has 116 valence electrons. The lowest BCUT2D eigenvalue weighted by Crippen LogP contribution is -2.33. The van der Waals surface area contributed by atoms with Crippen LogP contribution in [0.25, 0.3) is 0 Å². The van der Waals surface area contributed by atoms with Crippen molar-refractivity contribution in [2.24, 2.45) is 0 Å². The van der Waals surface area contributed by atoms with Crippen molar-refractivity contribution >= 4 is 11.6 Å². The summed E-state index contributed by atoms with van der Waals surface area (Å²) in [5, 5.41) is 13.6. The highest BCUT2D eigenvalue weighted by molar-refractivity contribution is 5.94. The van der Waals surface area contributed by atoms with Crippen molar-refractivity contribution in [2.75, 3.05) is 18.0 Å². The van der Waals surface area contributed by atoms with E-state index in [1.807, 2.05) is 17.0 Å². The fourth-order valence-corrected chi connectivity index (χ4v) is 3.05. The minimum absolute atomic E-state index is 0.0818. The van der Waals surface area contributed by atoms with Crippen LogP contribution in [0.2, 0.25) is 0 Å². The monoisotopic (exact) mass is 290 g/mol. The van der Waals surface area contributed by atoms with Crippen molar-refractivity contribution in [1.29, 1.82) is 0 Å². The Morgan fingerprint density at radius 2 is 2.24 bits per heavy atom. The topological polar surface area (TPSA) is 52.6 Å². The van der Waals surface area contributed by atoms with Crippen LogP contribution in [0.5, 0.6) is 0 Å². The van der Waals surface area contributed by atoms with Crippen LogP contribution < -0.4 is 10.2 Å². The number of nitrogens with zero attached hydrogens (tertiary/aromatic N) is 1. The molecule has 0 saturated carbocycles. The van der Waals surface area contributed by atoms with Crippen molar-refractivity contribution in [1.82, 2.24) is 5.32 Å². The second-order valence-electron chi connectivity index (χ2n) is 5.88. The van der Waals surface area contributed by atoms with Crippen LogP contribution in [0.4, 0.5) is 5.69 Å². The van der Waals surface area contributed by atoms with E-state index in [0.717, 1.165) is 42.7 Å². The van der Waals surface area contributed by atoms with Crippen molar-refractivity contribution in [3.05, 3.63) is 29.3 Å². The average Bonchev–Trinajstić information content (AvgIpc) is 2.78. The second kappa shape index (κ2) is 7.05. The summed E-state index contributed by atoms with van der Waals surface area (Å²) in [6, 6.07) is 6.17. The molecule has 1 aliphatic heterocycles. The largest absolute Gasteiger partial charge is 0.388 e. The lowest BCUT2D eigenvalue weighted by atomic mass is 10.0. The number of nitrogens with one attached hydrogen (secondary N) is 1. The lowest BCUT2D eigenvalue weighted by Gasteiger charge is -2.21. The van der Waals surface area contributed by atoms with Crippen molar-refractivity contribution in [3.8, 4) is 0 Å². The van der Waals surface area contributed by atoms with Gasteiger partial charge in [-0.25, -0.2) is 0 Å². The highest BCUT2D eigenvalue weighted by Crippen LogP contribution is 2.34. The van der Waals surface area contributed by atoms with Gasteiger partial charge in [-0.2, -0.15) is 0 Å². The first-order valence-electron chi connectivity index (χ1n) is 7.86. The predicted molar refractivity (Wildman–Crippen MR) is 85.5 cm³/mol. The Bertz CT molecular complexity index is 502. The molecule has 2 unspecified atom stereocenters. The van der Waals surface area contributed by atoms with E-state index >= 15 is 0 Å². The zero-order chi connectivity index (χ0) is 15.4. The zero-order valence-electron chi connectivity index (χ0n) is 13.2. The van der Waals surface area contributed by atoms with Gasteiger partial charge in [0.2, 0.25) is 5.91 Å². The molecule has 4 heteroatoms. The fourth-order valence-electron chi connectivity index (χ4n) is 3.05. The molecule has 1 aromatic carbocycles. The lowest BCUT2D eigenvalue weighted by molar-refractivity contribution is -0.116. The summed E-state index contributed by atoms with van der Waals surface area (Å²) in [4.78, 5) is 13.6. The zero-order valence-corrected chi connectivity index (χ0v) is 13.2. The standard InChI is InChI=1S/C17H26N2O2/c1-4-8-18-9-7-17(21)14-5-6-16-15(11-14)10-12(2)19(16)13(3)20/h5-6,11-12,17-18,21H,4,7-10H2,1-3H3. The number of amides is 1. The number of carbonyl (C=O) groups is 1. The Morgan fingerprint density at radius 1 is 1.48 bits per heavy atom. The molecule has 2 rings (SSSR count). The van der Waals surface area contributed by atoms with E-state index in [0.29, 0.717) is 6.42 Å². The van der Waals surface area contributed by atoms with Gasteiger partial charge >= 0.3 is 0 Å². The molecule has 4 nitrogen and oxygen atoms in total. The molecule has 1 aromatic rings. The highest BCUT2D eigenvalue weighted by Gasteiger charge is 2.29. The first kappa shape index (κ1) is 16.0. The number of carbonyl (C=O) groups excluding carboxylic acids is 1. The summed E-state index contributed by atoms with van der Waals surface area (Å²) in [7, 11) is 0. The number of hydrogen-bond acceptors (Lipinski definition) is 3. The van der Waals surface area contributed by atoms with E-state index in [2.05, 4.69) is 25.2 Å². The van der Waals surface area contributed by atoms with Crippen LogP contribution in [0, 0.1) is 0 Å². The molecule has 0 aromatic heterocycles. The normalized spacial score (nSPS) is 18.7. The summed E-state index contributed by atoms with van der Waals surface area (Å²) in [5.74, 6) is 0.0818. The molecule has 0 aliphatic carbocycles. The summed E-state index contributed by atoms with van der Waals surface area (Å²) in [6.45, 7) is 7.61. The summed E-state index contributed by atoms with van der Waals surface area (Å²) >= 11 is 0. The SMILES string of the molecule is CCCNCCC(O)c1ccc2c(c1)CC(C)N2C(C)=O. The van der Waals surface area contributed by atoms with Gasteiger partial charge < -0.3 is 15.3 Å². The molecule has 1 heterocycles. The third-order valence-corrected chi connectivity index (χ3v) is 4.06. The van der Waals surface area contributed by atoms with Gasteiger partial charge in [-0.15, -0.1) is 0 Å². The molecule has 1 amide bonds. The van der Waals surface area contributed by atoms with E-state index in [1.54, 1.807) is 6.92 Å². The van der Waals surface area contributed by atoms with E-state index < -0.39 is 6.10 Å². The molecular formula is C17H26N2O2. The smallest absolute Gasteiger partial charge is 0.224 e. The van der Waals surface area contributed by atoms with Gasteiger partial charge in [-0.1, -0.05) is 19.1 Å². The Labute approximate surface area is 127 Å². The Morgan fingerprint density at radius 3 is 2.90 bits per heavy atom. The first-order chi connectivity index (χ1) is 10.0. The Hall–Kier alpha value is -1.39. The number of anilines is 1. The van der Waals surface area contributed by atoms with Gasteiger partial charge in [0.1, 0.15) is 0 Å². The van der Waals surface area contributed by atoms with E-state index in [1.165, 1.54) is 0 Å². The highest BCUT2D eigenvalue weighted by atomic mass is 16.3. The third-order valence-electron chi connectivity index (χ3n) is 4.06. The Balaban J connectivity index is 2.05. The maximum Gasteiger partial charge on any atom is 0.224 e. The molecule has 21 heavy (non-hydrogen) atoms. The van der Waals surface area contributed by atoms with E-state index in [-0.39, 0.29) is 11.9 Å². The molecule has 0 radical (unpaired) electrons. The minimum Gasteiger partial charge on any atom is -0.388 e. The van der Waals surface area contributed by atoms with E-state index in [4.69, 9.17) is 0 Å². The molecule has 0 fully saturated rings. The molecule has 0 spiro atoms. The van der Waals surface area contributed by atoms with Crippen LogP contribution >= 0.6 is 0 Å². The third kappa shape index (κ3) is 3.63. The number of benzene rings is 1. The van der Waals surface area contributed by atoms with E-state index in [9.17, 15) is 9.90 Å². The average molecular weight is 290 g/mol. The van der Waals surface area contributed by atoms with Crippen LogP contribution in [-0.2, 0) is 11.2 Å². The second-order valence-corrected chi connectivity index (χ2v) is 5.88. The van der Waals surface area contributed by atoms with Gasteiger partial charge in [0, 0.05) is 18.7 Å². The molecule has 2 atom stereocenters. The molecule has 0 bridgehead atoms. The van der Waals surface area contributed by atoms with Gasteiger partial charge in [-0.3, -0.25) is 4.79 Å². The number of hydrogen-bond donors (Lipinski definition) is 2. The first-order valence-corrected chi connectivity index (χ1v) is 7.86. The number of rotatable bonds is 6. The quantitative estimate of drug-likeness (QED) is 0.791. The van der Waals surface area contributed by atoms with Gasteiger partial charge in [0.15, 0.2) is 0 Å². The van der Waals surface area contributed by atoms with Crippen LogP contribution in [0.15, 0.2) is 18.2 Å². The molecular weight excluding hydrogens is 264 g/mol. The molecule has 2 N–H and O–H groups in total. The maximum atomic E-state index is 11.7. The number of fused-ring (bicyclic) bond motifs is 1. The fraction of sp³-hybridized carbons (Fsp3) is 0.588. The maximum absolute atomic E-state index is 11.7. The van der Waals surface area contributed by atoms with Gasteiger partial charge in [0.05, 0.1) is 6.10 Å². The van der Waals surface area contributed by atoms with Crippen LogP contribution in [0.1, 0.15) is 50.8 Å². The summed E-state index contributed by atoms with van der Waals surface area (Å²) < 4.78 is 0. The van der Waals surface area contributed by atoms with Crippen LogP contribution in [-0.4, -0.2) is 30.1 Å². The number of aliphatic hydroxyl groups is 1. The van der Waals surface area contributed by atoms with Crippen molar-refractivity contribution in [3.63, 3.8) is 0 Å². The predicted octanol–water partition coefficient (Wildman–Crippen LogP) is 2.41. The summed E-state index contributed by atoms with van der Waals surface area (Å²) in [6.07, 6.45) is 2.24. The van der Waals surface area contributed by atoms with Crippen LogP contribution in [0.3, 0.4) is 0 Å². The number of aliphatic hydroxyl groups excluding tert-OH is 1. The Kier molecular flexibility index (Phi) is 5.37. The van der Waals surface area contributed by atoms with Crippen molar-refractivity contribution < 1.29 is 9.90 Å².